The van der Waals surface area contributed by atoms with Crippen LogP contribution in [0.1, 0.15) is 86.3 Å². The third-order valence-electron chi connectivity index (χ3n) is 7.60. The second-order valence-corrected chi connectivity index (χ2v) is 11.8. The van der Waals surface area contributed by atoms with Crippen molar-refractivity contribution in [3.8, 4) is 0 Å². The first-order valence-electron chi connectivity index (χ1n) is 14.0. The van der Waals surface area contributed by atoms with Gasteiger partial charge in [-0.05, 0) is 61.6 Å². The third kappa shape index (κ3) is 7.49. The number of hydrogen-bond acceptors (Lipinski definition) is 5. The molecule has 0 aliphatic heterocycles. The lowest BCUT2D eigenvalue weighted by atomic mass is 9.77. The summed E-state index contributed by atoms with van der Waals surface area (Å²) < 4.78 is 55.3. The Balaban J connectivity index is 1.91. The molecule has 0 fully saturated rings. The SMILES string of the molecule is CCCC(CCC)(COC1(C(F)(F)F)C=C(C)C(c2ccccc2)=C(C)C1)c1ccc(C(=O)NCCC(=O)OC)s1. The van der Waals surface area contributed by atoms with Crippen LogP contribution in [-0.4, -0.2) is 43.9 Å². The Hall–Kier alpha value is -2.91. The van der Waals surface area contributed by atoms with Gasteiger partial charge in [0.25, 0.3) is 5.91 Å². The van der Waals surface area contributed by atoms with Gasteiger partial charge in [0.05, 0.1) is 25.0 Å². The van der Waals surface area contributed by atoms with Crippen LogP contribution >= 0.6 is 11.3 Å². The van der Waals surface area contributed by atoms with E-state index in [0.717, 1.165) is 28.9 Å². The average Bonchev–Trinajstić information content (AvgIpc) is 3.43. The predicted molar refractivity (Wildman–Crippen MR) is 157 cm³/mol. The molecule has 41 heavy (non-hydrogen) atoms. The molecule has 1 aromatic heterocycles. The lowest BCUT2D eigenvalue weighted by Crippen LogP contribution is -2.50. The second-order valence-electron chi connectivity index (χ2n) is 10.7. The highest BCUT2D eigenvalue weighted by molar-refractivity contribution is 7.14. The summed E-state index contributed by atoms with van der Waals surface area (Å²) in [5.41, 5.74) is -0.253. The molecule has 1 aliphatic carbocycles. The van der Waals surface area contributed by atoms with Gasteiger partial charge in [-0.25, -0.2) is 0 Å². The molecule has 224 valence electrons. The maximum atomic E-state index is 14.9. The van der Waals surface area contributed by atoms with Gasteiger partial charge in [0, 0.05) is 23.3 Å². The van der Waals surface area contributed by atoms with Crippen molar-refractivity contribution in [2.45, 2.75) is 83.4 Å². The number of ether oxygens (including phenoxy) is 2. The molecule has 1 aliphatic rings. The number of carbonyl (C=O) groups is 2. The maximum Gasteiger partial charge on any atom is 0.421 e. The molecule has 1 heterocycles. The van der Waals surface area contributed by atoms with Crippen LogP contribution in [0, 0.1) is 0 Å². The van der Waals surface area contributed by atoms with E-state index in [-0.39, 0.29) is 31.9 Å². The van der Waals surface area contributed by atoms with Crippen LogP contribution in [0.15, 0.2) is 59.7 Å². The smallest absolute Gasteiger partial charge is 0.421 e. The summed E-state index contributed by atoms with van der Waals surface area (Å²) >= 11 is 1.27. The number of carbonyl (C=O) groups excluding carboxylic acids is 2. The van der Waals surface area contributed by atoms with Gasteiger partial charge in [0.1, 0.15) is 0 Å². The van der Waals surface area contributed by atoms with E-state index in [4.69, 9.17) is 4.74 Å². The number of allylic oxidation sites excluding steroid dienone is 2. The van der Waals surface area contributed by atoms with E-state index in [2.05, 4.69) is 10.1 Å². The van der Waals surface area contributed by atoms with Gasteiger partial charge in [-0.3, -0.25) is 9.59 Å². The number of amides is 1. The molecule has 0 spiro atoms. The maximum absolute atomic E-state index is 14.9. The molecule has 0 saturated heterocycles. The minimum atomic E-state index is -4.62. The quantitative estimate of drug-likeness (QED) is 0.240. The highest BCUT2D eigenvalue weighted by atomic mass is 32.1. The fourth-order valence-electron chi connectivity index (χ4n) is 5.75. The van der Waals surface area contributed by atoms with E-state index in [1.165, 1.54) is 24.5 Å². The molecule has 9 heteroatoms. The number of hydrogen-bond donors (Lipinski definition) is 1. The van der Waals surface area contributed by atoms with Crippen molar-refractivity contribution < 1.29 is 32.2 Å². The number of alkyl halides is 3. The van der Waals surface area contributed by atoms with Crippen molar-refractivity contribution in [3.05, 3.63) is 75.0 Å². The molecular weight excluding hydrogens is 551 g/mol. The van der Waals surface area contributed by atoms with E-state index in [1.807, 2.05) is 50.2 Å². The monoisotopic (exact) mass is 591 g/mol. The Kier molecular flexibility index (Phi) is 11.0. The molecular formula is C32H40F3NO4S. The topological polar surface area (TPSA) is 64.6 Å². The van der Waals surface area contributed by atoms with E-state index in [0.29, 0.717) is 28.9 Å². The number of rotatable bonds is 13. The molecule has 1 unspecified atom stereocenters. The summed E-state index contributed by atoms with van der Waals surface area (Å²) in [6.07, 6.45) is -0.890. The lowest BCUT2D eigenvalue weighted by molar-refractivity contribution is -0.262. The molecule has 0 radical (unpaired) electrons. The third-order valence-corrected chi connectivity index (χ3v) is 8.93. The van der Waals surface area contributed by atoms with Crippen LogP contribution < -0.4 is 5.32 Å². The number of esters is 1. The van der Waals surface area contributed by atoms with Gasteiger partial charge >= 0.3 is 12.1 Å². The summed E-state index contributed by atoms with van der Waals surface area (Å²) in [7, 11) is 1.28. The molecule has 5 nitrogen and oxygen atoms in total. The Morgan fingerprint density at radius 1 is 1.02 bits per heavy atom. The molecule has 0 bridgehead atoms. The molecule has 1 atom stereocenters. The minimum absolute atomic E-state index is 0.0518. The first-order valence-corrected chi connectivity index (χ1v) is 14.8. The summed E-state index contributed by atoms with van der Waals surface area (Å²) in [6.45, 7) is 7.47. The Bertz CT molecular complexity index is 1260. The summed E-state index contributed by atoms with van der Waals surface area (Å²) in [6, 6.07) is 13.0. The van der Waals surface area contributed by atoms with Crippen LogP contribution in [0.5, 0.6) is 0 Å². The van der Waals surface area contributed by atoms with Crippen LogP contribution in [0.4, 0.5) is 13.2 Å². The van der Waals surface area contributed by atoms with Crippen LogP contribution in [-0.2, 0) is 19.7 Å². The van der Waals surface area contributed by atoms with Gasteiger partial charge in [0.15, 0.2) is 5.60 Å². The highest BCUT2D eigenvalue weighted by Crippen LogP contribution is 2.49. The predicted octanol–water partition coefficient (Wildman–Crippen LogP) is 8.02. The number of benzene rings is 1. The number of thiophene rings is 1. The molecule has 1 aromatic carbocycles. The van der Waals surface area contributed by atoms with Gasteiger partial charge in [-0.1, -0.05) is 62.6 Å². The van der Waals surface area contributed by atoms with Crippen molar-refractivity contribution in [1.29, 1.82) is 0 Å². The van der Waals surface area contributed by atoms with E-state index in [1.54, 1.807) is 19.9 Å². The second kappa shape index (κ2) is 13.8. The van der Waals surface area contributed by atoms with Crippen molar-refractivity contribution in [2.24, 2.45) is 0 Å². The van der Waals surface area contributed by atoms with Crippen molar-refractivity contribution in [1.82, 2.24) is 5.32 Å². The Morgan fingerprint density at radius 2 is 1.68 bits per heavy atom. The standard InChI is InChI=1S/C32H40F3NO4S/c1-6-16-30(17-7-2,26-14-13-25(41-26)29(38)36-18-15-27(37)39-5)21-40-31(32(33,34)35)19-22(3)28(23(4)20-31)24-11-9-8-10-12-24/h8-14,19H,6-7,15-18,20-21H2,1-5H3,(H,36,38). The molecule has 1 N–H and O–H groups in total. The lowest BCUT2D eigenvalue weighted by Gasteiger charge is -2.41. The van der Waals surface area contributed by atoms with E-state index in [9.17, 15) is 22.8 Å². The summed E-state index contributed by atoms with van der Waals surface area (Å²) in [5, 5.41) is 2.71. The van der Waals surface area contributed by atoms with Gasteiger partial charge < -0.3 is 14.8 Å². The zero-order valence-electron chi connectivity index (χ0n) is 24.5. The van der Waals surface area contributed by atoms with Gasteiger partial charge in [0.2, 0.25) is 0 Å². The molecule has 3 rings (SSSR count). The normalized spacial score (nSPS) is 17.8. The summed E-state index contributed by atoms with van der Waals surface area (Å²) in [4.78, 5) is 25.4. The fourth-order valence-corrected chi connectivity index (χ4v) is 6.90. The Labute approximate surface area is 244 Å². The van der Waals surface area contributed by atoms with Crippen LogP contribution in [0.25, 0.3) is 5.57 Å². The first-order chi connectivity index (χ1) is 19.4. The number of halogens is 3. The van der Waals surface area contributed by atoms with Gasteiger partial charge in [-0.2, -0.15) is 13.2 Å². The molecule has 1 amide bonds. The van der Waals surface area contributed by atoms with E-state index < -0.39 is 23.2 Å². The van der Waals surface area contributed by atoms with Crippen LogP contribution in [0.3, 0.4) is 0 Å². The zero-order chi connectivity index (χ0) is 30.3. The van der Waals surface area contributed by atoms with Crippen molar-refractivity contribution >= 4 is 28.8 Å². The van der Waals surface area contributed by atoms with Crippen LogP contribution in [0.2, 0.25) is 0 Å². The Morgan fingerprint density at radius 3 is 2.24 bits per heavy atom. The van der Waals surface area contributed by atoms with Crippen molar-refractivity contribution in [3.63, 3.8) is 0 Å². The minimum Gasteiger partial charge on any atom is -0.469 e. The number of methoxy groups -OCH3 is 1. The number of nitrogens with one attached hydrogen (secondary N) is 1. The average molecular weight is 592 g/mol. The summed E-state index contributed by atoms with van der Waals surface area (Å²) in [5.74, 6) is -0.759. The molecule has 2 aromatic rings. The van der Waals surface area contributed by atoms with Gasteiger partial charge in [-0.15, -0.1) is 11.3 Å². The molecule has 0 saturated carbocycles. The largest absolute Gasteiger partial charge is 0.469 e. The first kappa shape index (κ1) is 32.6. The van der Waals surface area contributed by atoms with Crippen molar-refractivity contribution in [2.75, 3.05) is 20.3 Å². The highest BCUT2D eigenvalue weighted by Gasteiger charge is 2.57. The fraction of sp³-hybridized carbons (Fsp3) is 0.500. The van der Waals surface area contributed by atoms with E-state index >= 15 is 0 Å². The zero-order valence-corrected chi connectivity index (χ0v) is 25.3.